The second-order valence-corrected chi connectivity index (χ2v) is 13.0. The Morgan fingerprint density at radius 2 is 1.73 bits per heavy atom. The molecule has 2 heterocycles. The lowest BCUT2D eigenvalue weighted by atomic mass is 9.44. The molecule has 1 N–H and O–H groups in total. The highest BCUT2D eigenvalue weighted by Crippen LogP contribution is 2.71. The van der Waals surface area contributed by atoms with Crippen LogP contribution in [0.4, 0.5) is 0 Å². The van der Waals surface area contributed by atoms with Gasteiger partial charge in [0.1, 0.15) is 0 Å². The van der Waals surface area contributed by atoms with E-state index in [9.17, 15) is 5.11 Å². The Labute approximate surface area is 183 Å². The topological polar surface area (TPSA) is 38.7 Å². The largest absolute Gasteiger partial charge is 0.393 e. The summed E-state index contributed by atoms with van der Waals surface area (Å²) in [4.78, 5) is 0. The van der Waals surface area contributed by atoms with Crippen LogP contribution in [-0.4, -0.2) is 29.7 Å². The standard InChI is InChI=1S/C27H44O3/c1-16-15-29-27(14-22(16)28)17(2)24-23(30-27)13-21-19-9-8-18-7-5-6-11-25(18,3)20(19)10-12-26(21,24)4/h16-24,28H,5-15H2,1-4H3/t16-,17-,18+,19+,20-,21-,22+,23-,24-,25-,26-,27+/m0/s1. The third-order valence-electron chi connectivity index (χ3n) is 12.0. The molecule has 3 heteroatoms. The lowest BCUT2D eigenvalue weighted by Crippen LogP contribution is -2.55. The SMILES string of the molecule is C[C@H]1CO[C@]2(C[C@H]1O)O[C@H]1C[C@H]3[C@@H]4CC[C@H]5CCCC[C@]5(C)[C@H]4CC[C@]3(C)[C@H]1[C@@H]2C. The average Bonchev–Trinajstić information content (AvgIpc) is 3.15. The number of hydrogen-bond donors (Lipinski definition) is 1. The summed E-state index contributed by atoms with van der Waals surface area (Å²) in [7, 11) is 0. The van der Waals surface area contributed by atoms with Crippen molar-refractivity contribution in [3.8, 4) is 0 Å². The average molecular weight is 417 g/mol. The van der Waals surface area contributed by atoms with Crippen molar-refractivity contribution in [2.24, 2.45) is 52.3 Å². The van der Waals surface area contributed by atoms with E-state index < -0.39 is 5.79 Å². The molecular weight excluding hydrogens is 372 g/mol. The van der Waals surface area contributed by atoms with E-state index in [-0.39, 0.29) is 12.0 Å². The predicted molar refractivity (Wildman–Crippen MR) is 118 cm³/mol. The van der Waals surface area contributed by atoms with Crippen molar-refractivity contribution < 1.29 is 14.6 Å². The molecular formula is C27H44O3. The van der Waals surface area contributed by atoms with Crippen molar-refractivity contribution in [1.82, 2.24) is 0 Å². The van der Waals surface area contributed by atoms with Crippen LogP contribution in [0.1, 0.15) is 91.9 Å². The Hall–Kier alpha value is -0.120. The quantitative estimate of drug-likeness (QED) is 0.543. The fourth-order valence-corrected chi connectivity index (χ4v) is 10.3. The number of rotatable bonds is 0. The van der Waals surface area contributed by atoms with Crippen LogP contribution >= 0.6 is 0 Å². The molecule has 0 aromatic rings. The van der Waals surface area contributed by atoms with Gasteiger partial charge in [-0.05, 0) is 85.4 Å². The van der Waals surface area contributed by atoms with Gasteiger partial charge in [-0.2, -0.15) is 0 Å². The van der Waals surface area contributed by atoms with Gasteiger partial charge in [-0.1, -0.05) is 40.5 Å². The number of ether oxygens (including phenoxy) is 2. The number of aliphatic hydroxyl groups is 1. The molecule has 12 atom stereocenters. The van der Waals surface area contributed by atoms with Crippen molar-refractivity contribution in [2.45, 2.75) is 110 Å². The van der Waals surface area contributed by atoms with Crippen LogP contribution in [0.2, 0.25) is 0 Å². The van der Waals surface area contributed by atoms with Crippen molar-refractivity contribution in [3.05, 3.63) is 0 Å². The van der Waals surface area contributed by atoms with Crippen LogP contribution in [0.3, 0.4) is 0 Å². The van der Waals surface area contributed by atoms with Crippen LogP contribution in [0.25, 0.3) is 0 Å². The summed E-state index contributed by atoms with van der Waals surface area (Å²) >= 11 is 0. The number of hydrogen-bond acceptors (Lipinski definition) is 3. The Bertz CT molecular complexity index is 694. The Morgan fingerprint density at radius 1 is 0.900 bits per heavy atom. The molecule has 6 aliphatic rings. The zero-order valence-corrected chi connectivity index (χ0v) is 19.7. The van der Waals surface area contributed by atoms with Gasteiger partial charge >= 0.3 is 0 Å². The minimum absolute atomic E-state index is 0.220. The monoisotopic (exact) mass is 416 g/mol. The highest BCUT2D eigenvalue weighted by molar-refractivity contribution is 5.15. The molecule has 1 spiro atoms. The minimum atomic E-state index is -0.529. The van der Waals surface area contributed by atoms with Gasteiger partial charge in [0.15, 0.2) is 5.79 Å². The van der Waals surface area contributed by atoms with E-state index in [4.69, 9.17) is 9.47 Å². The predicted octanol–water partition coefficient (Wildman–Crippen LogP) is 5.79. The second-order valence-electron chi connectivity index (χ2n) is 13.0. The third-order valence-corrected chi connectivity index (χ3v) is 12.0. The third kappa shape index (κ3) is 2.55. The van der Waals surface area contributed by atoms with Gasteiger partial charge in [0.05, 0.1) is 18.8 Å². The molecule has 4 aliphatic carbocycles. The zero-order chi connectivity index (χ0) is 20.9. The van der Waals surface area contributed by atoms with Crippen molar-refractivity contribution in [3.63, 3.8) is 0 Å². The maximum Gasteiger partial charge on any atom is 0.174 e. The number of fused-ring (bicyclic) bond motifs is 7. The van der Waals surface area contributed by atoms with E-state index in [1.807, 2.05) is 0 Å². The maximum atomic E-state index is 10.6. The van der Waals surface area contributed by atoms with Crippen LogP contribution in [0, 0.1) is 52.3 Å². The lowest BCUT2D eigenvalue weighted by molar-refractivity contribution is -0.290. The molecule has 0 amide bonds. The highest BCUT2D eigenvalue weighted by Gasteiger charge is 2.69. The van der Waals surface area contributed by atoms with E-state index in [0.717, 1.165) is 23.7 Å². The fraction of sp³-hybridized carbons (Fsp3) is 1.00. The van der Waals surface area contributed by atoms with Crippen LogP contribution in [-0.2, 0) is 9.47 Å². The summed E-state index contributed by atoms with van der Waals surface area (Å²) in [5.74, 6) is 4.37. The first-order chi connectivity index (χ1) is 14.3. The summed E-state index contributed by atoms with van der Waals surface area (Å²) in [6, 6.07) is 0. The van der Waals surface area contributed by atoms with Crippen molar-refractivity contribution >= 4 is 0 Å². The van der Waals surface area contributed by atoms with Gasteiger partial charge in [0, 0.05) is 18.3 Å². The van der Waals surface area contributed by atoms with E-state index >= 15 is 0 Å². The molecule has 0 radical (unpaired) electrons. The highest BCUT2D eigenvalue weighted by atomic mass is 16.7. The molecule has 4 saturated carbocycles. The zero-order valence-electron chi connectivity index (χ0n) is 19.7. The molecule has 0 unspecified atom stereocenters. The first-order valence-electron chi connectivity index (χ1n) is 13.3. The van der Waals surface area contributed by atoms with Gasteiger partial charge < -0.3 is 14.6 Å². The lowest BCUT2D eigenvalue weighted by Gasteiger charge is -2.61. The molecule has 6 fully saturated rings. The van der Waals surface area contributed by atoms with E-state index in [2.05, 4.69) is 27.7 Å². The van der Waals surface area contributed by atoms with Crippen LogP contribution < -0.4 is 0 Å². The molecule has 30 heavy (non-hydrogen) atoms. The van der Waals surface area contributed by atoms with Gasteiger partial charge in [0.2, 0.25) is 0 Å². The van der Waals surface area contributed by atoms with Gasteiger partial charge in [-0.15, -0.1) is 0 Å². The summed E-state index contributed by atoms with van der Waals surface area (Å²) in [5.41, 5.74) is 1.00. The van der Waals surface area contributed by atoms with Gasteiger partial charge in [-0.25, -0.2) is 0 Å². The smallest absolute Gasteiger partial charge is 0.174 e. The van der Waals surface area contributed by atoms with E-state index in [0.29, 0.717) is 41.8 Å². The molecule has 0 aromatic heterocycles. The minimum Gasteiger partial charge on any atom is -0.393 e. The van der Waals surface area contributed by atoms with E-state index in [1.54, 1.807) is 0 Å². The Morgan fingerprint density at radius 3 is 2.53 bits per heavy atom. The number of aliphatic hydroxyl groups excluding tert-OH is 1. The molecule has 3 nitrogen and oxygen atoms in total. The molecule has 0 aromatic carbocycles. The fourth-order valence-electron chi connectivity index (χ4n) is 10.3. The first-order valence-corrected chi connectivity index (χ1v) is 13.3. The van der Waals surface area contributed by atoms with Crippen LogP contribution in [0.15, 0.2) is 0 Å². The molecule has 6 rings (SSSR count). The Kier molecular flexibility index (Phi) is 4.58. The molecule has 2 saturated heterocycles. The first kappa shape index (κ1) is 20.5. The summed E-state index contributed by atoms with van der Waals surface area (Å²) in [5, 5.41) is 10.6. The molecule has 2 aliphatic heterocycles. The van der Waals surface area contributed by atoms with Gasteiger partial charge in [-0.3, -0.25) is 0 Å². The van der Waals surface area contributed by atoms with Gasteiger partial charge in [0.25, 0.3) is 0 Å². The Balaban J connectivity index is 1.27. The summed E-state index contributed by atoms with van der Waals surface area (Å²) in [6.07, 6.45) is 13.6. The van der Waals surface area contributed by atoms with Crippen LogP contribution in [0.5, 0.6) is 0 Å². The maximum absolute atomic E-state index is 10.6. The molecule has 170 valence electrons. The van der Waals surface area contributed by atoms with Crippen molar-refractivity contribution in [1.29, 1.82) is 0 Å². The summed E-state index contributed by atoms with van der Waals surface area (Å²) < 4.78 is 13.2. The van der Waals surface area contributed by atoms with E-state index in [1.165, 1.54) is 57.8 Å². The van der Waals surface area contributed by atoms with Crippen molar-refractivity contribution in [2.75, 3.05) is 6.61 Å². The normalized spacial score (nSPS) is 62.5. The summed E-state index contributed by atoms with van der Waals surface area (Å²) in [6.45, 7) is 10.4. The second kappa shape index (κ2) is 6.70. The molecule has 0 bridgehead atoms.